The minimum atomic E-state index is -0.294. The zero-order valence-electron chi connectivity index (χ0n) is 13.3. The number of esters is 1. The first-order valence-electron chi connectivity index (χ1n) is 8.76. The minimum absolute atomic E-state index is 0.0983. The quantitative estimate of drug-likeness (QED) is 0.595. The van der Waals surface area contributed by atoms with Gasteiger partial charge in [-0.1, -0.05) is 25.8 Å². The predicted octanol–water partition coefficient (Wildman–Crippen LogP) is 2.67. The number of amides is 1. The van der Waals surface area contributed by atoms with Crippen LogP contribution in [0.4, 0.5) is 0 Å². The van der Waals surface area contributed by atoms with Crippen molar-refractivity contribution in [3.8, 4) is 0 Å². The van der Waals surface area contributed by atoms with Crippen molar-refractivity contribution in [3.63, 3.8) is 0 Å². The molecule has 4 aliphatic rings. The van der Waals surface area contributed by atoms with Gasteiger partial charge in [-0.2, -0.15) is 0 Å². The van der Waals surface area contributed by atoms with E-state index >= 15 is 0 Å². The van der Waals surface area contributed by atoms with E-state index in [0.29, 0.717) is 29.4 Å². The Morgan fingerprint density at radius 2 is 1.95 bits per heavy atom. The van der Waals surface area contributed by atoms with Crippen LogP contribution in [0.5, 0.6) is 0 Å². The summed E-state index contributed by atoms with van der Waals surface area (Å²) in [6.07, 6.45) is 7.83. The van der Waals surface area contributed by atoms with Crippen LogP contribution in [0.1, 0.15) is 51.9 Å². The summed E-state index contributed by atoms with van der Waals surface area (Å²) >= 11 is 0. The Hall–Kier alpha value is -1.32. The Balaban J connectivity index is 1.59. The van der Waals surface area contributed by atoms with Gasteiger partial charge >= 0.3 is 5.97 Å². The zero-order chi connectivity index (χ0) is 15.4. The van der Waals surface area contributed by atoms with Gasteiger partial charge in [0, 0.05) is 17.5 Å². The molecule has 1 aliphatic heterocycles. The molecule has 3 aliphatic carbocycles. The van der Waals surface area contributed by atoms with E-state index in [2.05, 4.69) is 11.5 Å². The summed E-state index contributed by atoms with van der Waals surface area (Å²) in [4.78, 5) is 27.0. The molecule has 4 nitrogen and oxygen atoms in total. The second-order valence-electron chi connectivity index (χ2n) is 7.68. The third-order valence-electron chi connectivity index (χ3n) is 6.34. The molecule has 4 fully saturated rings. The molecule has 1 heterocycles. The van der Waals surface area contributed by atoms with E-state index in [0.717, 1.165) is 25.7 Å². The lowest BCUT2D eigenvalue weighted by atomic mass is 9.87. The largest absolute Gasteiger partial charge is 0.457 e. The maximum Gasteiger partial charge on any atom is 0.333 e. The SMILES string of the molecule is C=C(C)C(=O)OC1C2CC3C(=O)N(C4CCCCC4)C1C3C2. The van der Waals surface area contributed by atoms with E-state index in [1.807, 2.05) is 0 Å². The highest BCUT2D eigenvalue weighted by molar-refractivity contribution is 5.88. The molecular formula is C18H25NO3. The molecule has 0 N–H and O–H groups in total. The minimum Gasteiger partial charge on any atom is -0.457 e. The number of ether oxygens (including phenoxy) is 1. The highest BCUT2D eigenvalue weighted by atomic mass is 16.5. The Bertz CT molecular complexity index is 522. The second-order valence-corrected chi connectivity index (χ2v) is 7.68. The molecule has 0 radical (unpaired) electrons. The van der Waals surface area contributed by atoms with Gasteiger partial charge in [-0.3, -0.25) is 4.79 Å². The van der Waals surface area contributed by atoms with Gasteiger partial charge in [-0.25, -0.2) is 4.79 Å². The summed E-state index contributed by atoms with van der Waals surface area (Å²) in [5.74, 6) is 1.05. The number of hydrogen-bond donors (Lipinski definition) is 0. The third-order valence-corrected chi connectivity index (χ3v) is 6.34. The van der Waals surface area contributed by atoms with E-state index in [4.69, 9.17) is 4.74 Å². The fourth-order valence-electron chi connectivity index (χ4n) is 5.44. The molecule has 5 atom stereocenters. The molecule has 0 aromatic rings. The normalized spacial score (nSPS) is 40.3. The van der Waals surface area contributed by atoms with Gasteiger partial charge in [0.25, 0.3) is 0 Å². The first-order chi connectivity index (χ1) is 10.6. The third kappa shape index (κ3) is 1.95. The highest BCUT2D eigenvalue weighted by Gasteiger charge is 2.65. The molecule has 0 aromatic heterocycles. The summed E-state index contributed by atoms with van der Waals surface area (Å²) < 4.78 is 5.77. The molecule has 1 amide bonds. The molecule has 120 valence electrons. The number of likely N-dealkylation sites (tertiary alicyclic amines) is 1. The Morgan fingerprint density at radius 1 is 1.23 bits per heavy atom. The van der Waals surface area contributed by atoms with E-state index in [1.165, 1.54) is 19.3 Å². The molecular weight excluding hydrogens is 278 g/mol. The van der Waals surface area contributed by atoms with Crippen LogP contribution in [0.2, 0.25) is 0 Å². The molecule has 3 saturated carbocycles. The lowest BCUT2D eigenvalue weighted by Crippen LogP contribution is -2.49. The summed E-state index contributed by atoms with van der Waals surface area (Å²) in [7, 11) is 0. The number of carbonyl (C=O) groups excluding carboxylic acids is 2. The van der Waals surface area contributed by atoms with Crippen LogP contribution in [-0.4, -0.2) is 35.0 Å². The van der Waals surface area contributed by atoms with Gasteiger partial charge in [0.15, 0.2) is 0 Å². The van der Waals surface area contributed by atoms with Gasteiger partial charge < -0.3 is 9.64 Å². The maximum absolute atomic E-state index is 12.9. The van der Waals surface area contributed by atoms with Crippen LogP contribution in [0, 0.1) is 17.8 Å². The van der Waals surface area contributed by atoms with Gasteiger partial charge in [-0.05, 0) is 44.4 Å². The number of fused-ring (bicyclic) bond motifs is 1. The average Bonchev–Trinajstić information content (AvgIpc) is 3.12. The highest BCUT2D eigenvalue weighted by Crippen LogP contribution is 2.57. The second kappa shape index (κ2) is 5.10. The van der Waals surface area contributed by atoms with E-state index in [-0.39, 0.29) is 24.0 Å². The lowest BCUT2D eigenvalue weighted by Gasteiger charge is -2.38. The average molecular weight is 303 g/mol. The topological polar surface area (TPSA) is 46.6 Å². The Labute approximate surface area is 131 Å². The fraction of sp³-hybridized carbons (Fsp3) is 0.778. The van der Waals surface area contributed by atoms with Crippen molar-refractivity contribution in [2.24, 2.45) is 17.8 Å². The maximum atomic E-state index is 12.9. The molecule has 1 saturated heterocycles. The summed E-state index contributed by atoms with van der Waals surface area (Å²) in [6.45, 7) is 5.38. The monoisotopic (exact) mass is 303 g/mol. The van der Waals surface area contributed by atoms with Crippen LogP contribution in [0.25, 0.3) is 0 Å². The fourth-order valence-corrected chi connectivity index (χ4v) is 5.44. The number of carbonyl (C=O) groups is 2. The van der Waals surface area contributed by atoms with Crippen molar-refractivity contribution >= 4 is 11.9 Å². The van der Waals surface area contributed by atoms with Gasteiger partial charge in [0.05, 0.1) is 6.04 Å². The van der Waals surface area contributed by atoms with Crippen LogP contribution in [-0.2, 0) is 14.3 Å². The number of nitrogens with zero attached hydrogens (tertiary/aromatic N) is 1. The van der Waals surface area contributed by atoms with Gasteiger partial charge in [-0.15, -0.1) is 0 Å². The van der Waals surface area contributed by atoms with Crippen LogP contribution < -0.4 is 0 Å². The molecule has 2 bridgehead atoms. The molecule has 0 spiro atoms. The van der Waals surface area contributed by atoms with Crippen molar-refractivity contribution in [1.82, 2.24) is 4.90 Å². The Kier molecular flexibility index (Phi) is 3.31. The summed E-state index contributed by atoms with van der Waals surface area (Å²) in [6, 6.07) is 0.518. The predicted molar refractivity (Wildman–Crippen MR) is 81.9 cm³/mol. The number of hydrogen-bond acceptors (Lipinski definition) is 3. The first-order valence-corrected chi connectivity index (χ1v) is 8.76. The van der Waals surface area contributed by atoms with Crippen molar-refractivity contribution < 1.29 is 14.3 Å². The van der Waals surface area contributed by atoms with E-state index in [1.54, 1.807) is 6.92 Å². The Morgan fingerprint density at radius 3 is 2.64 bits per heavy atom. The van der Waals surface area contributed by atoms with Crippen LogP contribution in [0.3, 0.4) is 0 Å². The molecule has 5 unspecified atom stereocenters. The zero-order valence-corrected chi connectivity index (χ0v) is 13.3. The molecule has 4 rings (SSSR count). The van der Waals surface area contributed by atoms with Crippen molar-refractivity contribution in [3.05, 3.63) is 12.2 Å². The smallest absolute Gasteiger partial charge is 0.333 e. The van der Waals surface area contributed by atoms with E-state index in [9.17, 15) is 9.59 Å². The first kappa shape index (κ1) is 14.3. The van der Waals surface area contributed by atoms with Crippen molar-refractivity contribution in [1.29, 1.82) is 0 Å². The van der Waals surface area contributed by atoms with Crippen molar-refractivity contribution in [2.75, 3.05) is 0 Å². The van der Waals surface area contributed by atoms with Crippen LogP contribution >= 0.6 is 0 Å². The molecule has 0 aromatic carbocycles. The summed E-state index contributed by atoms with van der Waals surface area (Å²) in [5.41, 5.74) is 0.452. The van der Waals surface area contributed by atoms with Crippen LogP contribution in [0.15, 0.2) is 12.2 Å². The summed E-state index contributed by atoms with van der Waals surface area (Å²) in [5, 5.41) is 0. The lowest BCUT2D eigenvalue weighted by molar-refractivity contribution is -0.151. The molecule has 4 heteroatoms. The van der Waals surface area contributed by atoms with Gasteiger partial charge in [0.2, 0.25) is 5.91 Å². The van der Waals surface area contributed by atoms with Crippen molar-refractivity contribution in [2.45, 2.75) is 70.1 Å². The standard InChI is InChI=1S/C18H25NO3/c1-10(2)18(21)22-16-11-8-13-14(9-11)17(20)19(15(13)16)12-6-4-3-5-7-12/h11-16H,1,3-9H2,2H3. The van der Waals surface area contributed by atoms with Gasteiger partial charge in [0.1, 0.15) is 6.10 Å². The van der Waals surface area contributed by atoms with E-state index < -0.39 is 0 Å². The molecule has 22 heavy (non-hydrogen) atoms. The number of rotatable bonds is 3.